The van der Waals surface area contributed by atoms with Gasteiger partial charge in [-0.1, -0.05) is 17.7 Å². The van der Waals surface area contributed by atoms with Crippen LogP contribution in [0.4, 0.5) is 0 Å². The number of hydrogen-bond donors (Lipinski definition) is 1. The molecule has 0 fully saturated rings. The molecule has 1 heterocycles. The summed E-state index contributed by atoms with van der Waals surface area (Å²) in [6, 6.07) is 9.90. The maximum atomic E-state index is 13.2. The summed E-state index contributed by atoms with van der Waals surface area (Å²) in [5.74, 6) is 0.923. The predicted octanol–water partition coefficient (Wildman–Crippen LogP) is 2.22. The van der Waals surface area contributed by atoms with E-state index < -0.39 is 22.4 Å². The molecule has 3 rings (SSSR count). The largest absolute Gasteiger partial charge is 0.493 e. The zero-order valence-electron chi connectivity index (χ0n) is 15.7. The minimum atomic E-state index is -3.87. The van der Waals surface area contributed by atoms with Gasteiger partial charge in [0.2, 0.25) is 10.0 Å². The van der Waals surface area contributed by atoms with Crippen molar-refractivity contribution in [2.45, 2.75) is 30.7 Å². The minimum Gasteiger partial charge on any atom is -0.493 e. The molecule has 2 atom stereocenters. The topological polar surface area (TPSA) is 85.3 Å². The van der Waals surface area contributed by atoms with Crippen LogP contribution >= 0.6 is 0 Å². The summed E-state index contributed by atoms with van der Waals surface area (Å²) in [6.45, 7) is 1.93. The average molecular weight is 393 g/mol. The number of aliphatic hydroxyl groups excluding tert-OH is 1. The van der Waals surface area contributed by atoms with Crippen LogP contribution in [0.25, 0.3) is 0 Å². The van der Waals surface area contributed by atoms with Crippen molar-refractivity contribution < 1.29 is 27.7 Å². The van der Waals surface area contributed by atoms with E-state index >= 15 is 0 Å². The molecule has 2 aromatic carbocycles. The van der Waals surface area contributed by atoms with Crippen molar-refractivity contribution in [3.63, 3.8) is 0 Å². The first-order valence-electron chi connectivity index (χ1n) is 8.37. The maximum Gasteiger partial charge on any atom is 0.245 e. The van der Waals surface area contributed by atoms with E-state index in [4.69, 9.17) is 14.2 Å². The molecule has 0 radical (unpaired) electrons. The molecule has 0 aromatic heterocycles. The van der Waals surface area contributed by atoms with Gasteiger partial charge in [-0.25, -0.2) is 8.42 Å². The van der Waals surface area contributed by atoms with Gasteiger partial charge in [-0.05, 0) is 42.3 Å². The van der Waals surface area contributed by atoms with E-state index in [1.54, 1.807) is 36.4 Å². The van der Waals surface area contributed by atoms with Gasteiger partial charge in [0.05, 0.1) is 19.1 Å². The number of ether oxygens (including phenoxy) is 3. The van der Waals surface area contributed by atoms with E-state index in [1.165, 1.54) is 21.3 Å². The molecule has 0 spiro atoms. The van der Waals surface area contributed by atoms with Crippen molar-refractivity contribution >= 4 is 10.0 Å². The molecule has 27 heavy (non-hydrogen) atoms. The second-order valence-corrected chi connectivity index (χ2v) is 8.23. The third-order valence-electron chi connectivity index (χ3n) is 4.71. The van der Waals surface area contributed by atoms with Crippen molar-refractivity contribution in [2.24, 2.45) is 0 Å². The van der Waals surface area contributed by atoms with Crippen molar-refractivity contribution in [2.75, 3.05) is 21.3 Å². The molecule has 0 amide bonds. The highest BCUT2D eigenvalue weighted by atomic mass is 32.2. The van der Waals surface area contributed by atoms with E-state index in [0.717, 1.165) is 9.87 Å². The molecule has 1 N–H and O–H groups in total. The fraction of sp³-hybridized carbons (Fsp3) is 0.368. The van der Waals surface area contributed by atoms with E-state index in [9.17, 15) is 13.5 Å². The molecule has 0 bridgehead atoms. The highest BCUT2D eigenvalue weighted by Gasteiger charge is 2.42. The molecule has 0 aliphatic carbocycles. The molecule has 8 heteroatoms. The minimum absolute atomic E-state index is 0.0431. The number of sulfonamides is 1. The normalized spacial score (nSPS) is 20.2. The Hall–Kier alpha value is -2.13. The van der Waals surface area contributed by atoms with E-state index in [2.05, 4.69) is 0 Å². The Bertz CT molecular complexity index is 926. The zero-order valence-corrected chi connectivity index (χ0v) is 16.5. The number of benzene rings is 2. The van der Waals surface area contributed by atoms with Crippen LogP contribution in [0.1, 0.15) is 22.8 Å². The van der Waals surface area contributed by atoms with E-state index in [1.807, 2.05) is 6.92 Å². The van der Waals surface area contributed by atoms with Gasteiger partial charge in [-0.2, -0.15) is 4.31 Å². The summed E-state index contributed by atoms with van der Waals surface area (Å²) in [5, 5.41) is 10.8. The van der Waals surface area contributed by atoms with Crippen LogP contribution < -0.4 is 9.47 Å². The monoisotopic (exact) mass is 393 g/mol. The molecule has 0 saturated heterocycles. The first kappa shape index (κ1) is 19.6. The van der Waals surface area contributed by atoms with Gasteiger partial charge in [-0.15, -0.1) is 0 Å². The van der Waals surface area contributed by atoms with E-state index in [0.29, 0.717) is 22.6 Å². The highest BCUT2D eigenvalue weighted by molar-refractivity contribution is 7.89. The number of aryl methyl sites for hydroxylation is 1. The second kappa shape index (κ2) is 7.47. The van der Waals surface area contributed by atoms with Crippen LogP contribution in [-0.4, -0.2) is 45.4 Å². The lowest BCUT2D eigenvalue weighted by Gasteiger charge is -2.38. The Labute approximate surface area is 159 Å². The maximum absolute atomic E-state index is 13.2. The molecule has 1 aliphatic rings. The fourth-order valence-electron chi connectivity index (χ4n) is 3.23. The van der Waals surface area contributed by atoms with Gasteiger partial charge < -0.3 is 19.3 Å². The Morgan fingerprint density at radius 1 is 1.04 bits per heavy atom. The van der Waals surface area contributed by atoms with Crippen LogP contribution in [0.5, 0.6) is 11.5 Å². The highest BCUT2D eigenvalue weighted by Crippen LogP contribution is 2.41. The van der Waals surface area contributed by atoms with Gasteiger partial charge >= 0.3 is 0 Å². The standard InChI is InChI=1S/C19H23NO6S/c1-12-5-7-14(8-6-12)27(22,23)20-11-13-9-16(24-2)17(25-3)10-15(13)18(21)19(20)26-4/h5-10,18-19,21H,11H2,1-4H3/t18-,19+/m1/s1. The lowest BCUT2D eigenvalue weighted by molar-refractivity contribution is -0.0865. The number of rotatable bonds is 5. The van der Waals surface area contributed by atoms with E-state index in [-0.39, 0.29) is 11.4 Å². The molecule has 2 aromatic rings. The van der Waals surface area contributed by atoms with Crippen LogP contribution in [0, 0.1) is 6.92 Å². The number of aliphatic hydroxyl groups is 1. The SMILES string of the molecule is COc1cc2c(cc1OC)[C@@H](O)[C@H](OC)N(S(=O)(=O)c1ccc(C)cc1)C2. The van der Waals surface area contributed by atoms with Gasteiger partial charge in [0, 0.05) is 13.7 Å². The van der Waals surface area contributed by atoms with Gasteiger partial charge in [0.15, 0.2) is 17.7 Å². The third kappa shape index (κ3) is 3.41. The van der Waals surface area contributed by atoms with Crippen LogP contribution in [0.3, 0.4) is 0 Å². The summed E-state index contributed by atoms with van der Waals surface area (Å²) in [6.07, 6.45) is -2.22. The van der Waals surface area contributed by atoms with Crippen LogP contribution in [-0.2, 0) is 21.3 Å². The number of methoxy groups -OCH3 is 3. The summed E-state index contributed by atoms with van der Waals surface area (Å²) < 4.78 is 43.5. The van der Waals surface area contributed by atoms with Gasteiger partial charge in [0.1, 0.15) is 6.10 Å². The fourth-order valence-corrected chi connectivity index (χ4v) is 4.77. The molecule has 1 aliphatic heterocycles. The smallest absolute Gasteiger partial charge is 0.245 e. The van der Waals surface area contributed by atoms with Crippen molar-refractivity contribution in [1.82, 2.24) is 4.31 Å². The molecular weight excluding hydrogens is 370 g/mol. The number of nitrogens with zero attached hydrogens (tertiary/aromatic N) is 1. The Kier molecular flexibility index (Phi) is 5.43. The zero-order chi connectivity index (χ0) is 19.8. The predicted molar refractivity (Wildman–Crippen MR) is 99.2 cm³/mol. The first-order chi connectivity index (χ1) is 12.8. The first-order valence-corrected chi connectivity index (χ1v) is 9.81. The summed E-state index contributed by atoms with van der Waals surface area (Å²) in [5.41, 5.74) is 2.14. The molecular formula is C19H23NO6S. The molecule has 0 saturated carbocycles. The lowest BCUT2D eigenvalue weighted by atomic mass is 9.96. The summed E-state index contributed by atoms with van der Waals surface area (Å²) >= 11 is 0. The summed E-state index contributed by atoms with van der Waals surface area (Å²) in [7, 11) is 0.501. The number of fused-ring (bicyclic) bond motifs is 1. The van der Waals surface area contributed by atoms with Gasteiger partial charge in [0.25, 0.3) is 0 Å². The lowest BCUT2D eigenvalue weighted by Crippen LogP contribution is -2.47. The van der Waals surface area contributed by atoms with Crippen LogP contribution in [0.15, 0.2) is 41.3 Å². The number of hydrogen-bond acceptors (Lipinski definition) is 6. The van der Waals surface area contributed by atoms with Crippen LogP contribution in [0.2, 0.25) is 0 Å². The van der Waals surface area contributed by atoms with Crippen molar-refractivity contribution in [1.29, 1.82) is 0 Å². The Morgan fingerprint density at radius 2 is 1.63 bits per heavy atom. The molecule has 7 nitrogen and oxygen atoms in total. The Balaban J connectivity index is 2.09. The molecule has 146 valence electrons. The van der Waals surface area contributed by atoms with Gasteiger partial charge in [-0.3, -0.25) is 0 Å². The summed E-state index contributed by atoms with van der Waals surface area (Å²) in [4.78, 5) is 0.145. The quantitative estimate of drug-likeness (QED) is 0.838. The third-order valence-corrected chi connectivity index (χ3v) is 6.54. The Morgan fingerprint density at radius 3 is 2.19 bits per heavy atom. The van der Waals surface area contributed by atoms with Crippen molar-refractivity contribution in [3.8, 4) is 11.5 Å². The second-order valence-electron chi connectivity index (χ2n) is 6.34. The average Bonchev–Trinajstić information content (AvgIpc) is 2.67. The molecule has 0 unspecified atom stereocenters. The van der Waals surface area contributed by atoms with Crippen molar-refractivity contribution in [3.05, 3.63) is 53.1 Å².